The smallest absolute Gasteiger partial charge is 0.323 e. The molecule has 174 valence electrons. The Morgan fingerprint density at radius 2 is 1.65 bits per heavy atom. The molecule has 11 heteroatoms. The molecule has 1 aliphatic rings. The molecule has 0 saturated carbocycles. The molecule has 5 rings (SSSR count). The van der Waals surface area contributed by atoms with Crippen molar-refractivity contribution >= 4 is 38.5 Å². The first-order chi connectivity index (χ1) is 16.4. The van der Waals surface area contributed by atoms with E-state index in [0.29, 0.717) is 37.2 Å². The van der Waals surface area contributed by atoms with Crippen molar-refractivity contribution in [3.8, 4) is 0 Å². The monoisotopic (exact) mass is 478 g/mol. The summed E-state index contributed by atoms with van der Waals surface area (Å²) in [4.78, 5) is 38.0. The Labute approximate surface area is 195 Å². The van der Waals surface area contributed by atoms with Gasteiger partial charge < -0.3 is 19.8 Å². The number of fused-ring (bicyclic) bond motifs is 1. The highest BCUT2D eigenvalue weighted by Crippen LogP contribution is 2.24. The van der Waals surface area contributed by atoms with Crippen molar-refractivity contribution in [2.45, 2.75) is 4.90 Å². The third-order valence-corrected chi connectivity index (χ3v) is 7.10. The van der Waals surface area contributed by atoms with Gasteiger partial charge in [-0.25, -0.2) is 18.2 Å². The number of carbonyl (C=O) groups is 1. The highest BCUT2D eigenvalue weighted by molar-refractivity contribution is 7.92. The lowest BCUT2D eigenvalue weighted by Gasteiger charge is -2.35. The zero-order valence-corrected chi connectivity index (χ0v) is 18.9. The number of sulfonamides is 1. The minimum atomic E-state index is -4.00. The number of H-pyrrole nitrogens is 2. The zero-order valence-electron chi connectivity index (χ0n) is 18.1. The van der Waals surface area contributed by atoms with Crippen molar-refractivity contribution in [1.29, 1.82) is 0 Å². The molecule has 0 unspecified atom stereocenters. The Hall–Kier alpha value is -4.12. The minimum absolute atomic E-state index is 0.0264. The number of para-hydroxylation sites is 1. The van der Waals surface area contributed by atoms with Gasteiger partial charge in [-0.3, -0.25) is 9.52 Å². The van der Waals surface area contributed by atoms with Crippen molar-refractivity contribution in [2.75, 3.05) is 35.8 Å². The van der Waals surface area contributed by atoms with Gasteiger partial charge in [0.2, 0.25) is 0 Å². The predicted molar refractivity (Wildman–Crippen MR) is 129 cm³/mol. The summed E-state index contributed by atoms with van der Waals surface area (Å²) in [6, 6.07) is 16.5. The maximum atomic E-state index is 13.3. The number of nitrogens with one attached hydrogen (secondary N) is 3. The van der Waals surface area contributed by atoms with E-state index in [1.807, 2.05) is 18.2 Å². The lowest BCUT2D eigenvalue weighted by atomic mass is 10.1. The quantitative estimate of drug-likeness (QED) is 0.402. The number of imidazole rings is 1. The number of nitrogens with zero attached hydrogens (tertiary/aromatic N) is 3. The molecule has 1 saturated heterocycles. The van der Waals surface area contributed by atoms with Gasteiger partial charge >= 0.3 is 5.69 Å². The number of carbonyl (C=O) groups excluding carboxylic acids is 1. The average molecular weight is 479 g/mol. The van der Waals surface area contributed by atoms with Gasteiger partial charge in [0, 0.05) is 32.4 Å². The number of anilines is 2. The SMILES string of the molecule is O=C(c1ccccc1NS(=O)(=O)c1ccc2[nH]c(=O)[nH]c2c1)N1CCN(c2ccccn2)CC1. The van der Waals surface area contributed by atoms with E-state index in [9.17, 15) is 18.0 Å². The first-order valence-electron chi connectivity index (χ1n) is 10.7. The van der Waals surface area contributed by atoms with Crippen LogP contribution in [-0.4, -0.2) is 60.4 Å². The molecule has 4 aromatic rings. The van der Waals surface area contributed by atoms with Gasteiger partial charge in [-0.2, -0.15) is 0 Å². The van der Waals surface area contributed by atoms with Crippen molar-refractivity contribution in [3.05, 3.63) is 82.9 Å². The van der Waals surface area contributed by atoms with Crippen LogP contribution in [0.2, 0.25) is 0 Å². The van der Waals surface area contributed by atoms with E-state index in [0.717, 1.165) is 5.82 Å². The van der Waals surface area contributed by atoms with Crippen LogP contribution in [0.5, 0.6) is 0 Å². The van der Waals surface area contributed by atoms with Crippen LogP contribution in [0.4, 0.5) is 11.5 Å². The summed E-state index contributed by atoms with van der Waals surface area (Å²) in [6.07, 6.45) is 1.74. The second-order valence-corrected chi connectivity index (χ2v) is 9.59. The lowest BCUT2D eigenvalue weighted by Crippen LogP contribution is -2.49. The topological polar surface area (TPSA) is 131 Å². The van der Waals surface area contributed by atoms with Gasteiger partial charge in [-0.15, -0.1) is 0 Å². The van der Waals surface area contributed by atoms with E-state index in [1.54, 1.807) is 35.4 Å². The summed E-state index contributed by atoms with van der Waals surface area (Å²) in [5.74, 6) is 0.618. The van der Waals surface area contributed by atoms with Crippen LogP contribution in [-0.2, 0) is 10.0 Å². The average Bonchev–Trinajstić information content (AvgIpc) is 3.24. The molecule has 0 bridgehead atoms. The van der Waals surface area contributed by atoms with Gasteiger partial charge in [-0.1, -0.05) is 18.2 Å². The van der Waals surface area contributed by atoms with Crippen molar-refractivity contribution in [2.24, 2.45) is 0 Å². The summed E-state index contributed by atoms with van der Waals surface area (Å²) in [6.45, 7) is 2.25. The molecule has 3 N–H and O–H groups in total. The van der Waals surface area contributed by atoms with E-state index in [1.165, 1.54) is 18.2 Å². The summed E-state index contributed by atoms with van der Waals surface area (Å²) < 4.78 is 28.6. The summed E-state index contributed by atoms with van der Waals surface area (Å²) in [7, 11) is -4.00. The largest absolute Gasteiger partial charge is 0.353 e. The number of aromatic amines is 2. The molecule has 0 atom stereocenters. The Bertz CT molecular complexity index is 1510. The molecule has 10 nitrogen and oxygen atoms in total. The van der Waals surface area contributed by atoms with Crippen molar-refractivity contribution in [3.63, 3.8) is 0 Å². The Morgan fingerprint density at radius 1 is 0.912 bits per heavy atom. The van der Waals surface area contributed by atoms with Gasteiger partial charge in [0.05, 0.1) is 27.2 Å². The second kappa shape index (κ2) is 8.67. The zero-order chi connectivity index (χ0) is 23.7. The van der Waals surface area contributed by atoms with E-state index >= 15 is 0 Å². The molecule has 1 fully saturated rings. The molecule has 0 radical (unpaired) electrons. The highest BCUT2D eigenvalue weighted by Gasteiger charge is 2.26. The number of piperazine rings is 1. The summed E-state index contributed by atoms with van der Waals surface area (Å²) >= 11 is 0. The Kier molecular flexibility index (Phi) is 5.54. The minimum Gasteiger partial charge on any atom is -0.353 e. The normalized spacial score (nSPS) is 14.4. The third-order valence-electron chi connectivity index (χ3n) is 5.74. The van der Waals surface area contributed by atoms with Crippen LogP contribution in [0, 0.1) is 0 Å². The molecule has 0 aliphatic carbocycles. The fourth-order valence-corrected chi connectivity index (χ4v) is 5.10. The number of hydrogen-bond acceptors (Lipinski definition) is 6. The number of rotatable bonds is 5. The van der Waals surface area contributed by atoms with Gasteiger partial charge in [0.25, 0.3) is 15.9 Å². The Morgan fingerprint density at radius 3 is 2.41 bits per heavy atom. The molecule has 1 aliphatic heterocycles. The molecule has 2 aromatic carbocycles. The first kappa shape index (κ1) is 21.7. The Balaban J connectivity index is 1.35. The molecule has 2 aromatic heterocycles. The highest BCUT2D eigenvalue weighted by atomic mass is 32.2. The second-order valence-electron chi connectivity index (χ2n) is 7.90. The molecule has 3 heterocycles. The van der Waals surface area contributed by atoms with Crippen LogP contribution in [0.3, 0.4) is 0 Å². The maximum Gasteiger partial charge on any atom is 0.323 e. The van der Waals surface area contributed by atoms with Gasteiger partial charge in [0.15, 0.2) is 0 Å². The number of benzene rings is 2. The maximum absolute atomic E-state index is 13.3. The van der Waals surface area contributed by atoms with Crippen molar-refractivity contribution < 1.29 is 13.2 Å². The first-order valence-corrected chi connectivity index (χ1v) is 12.2. The van der Waals surface area contributed by atoms with Crippen LogP contribution in [0.15, 0.2) is 76.6 Å². The third kappa shape index (κ3) is 4.25. The van der Waals surface area contributed by atoms with Gasteiger partial charge in [-0.05, 0) is 42.5 Å². The molecular weight excluding hydrogens is 456 g/mol. The molecular formula is C23H22N6O4S. The van der Waals surface area contributed by atoms with E-state index in [4.69, 9.17) is 0 Å². The van der Waals surface area contributed by atoms with E-state index < -0.39 is 15.7 Å². The van der Waals surface area contributed by atoms with Crippen LogP contribution in [0.25, 0.3) is 11.0 Å². The van der Waals surface area contributed by atoms with Crippen LogP contribution < -0.4 is 15.3 Å². The molecule has 0 spiro atoms. The fraction of sp³-hybridized carbons (Fsp3) is 0.174. The summed E-state index contributed by atoms with van der Waals surface area (Å²) in [5, 5.41) is 0. The number of pyridine rings is 1. The standard InChI is InChI=1S/C23H22N6O4S/c30-22(29-13-11-28(12-14-29)21-7-3-4-10-24-21)17-5-1-2-6-18(17)27-34(32,33)16-8-9-19-20(15-16)26-23(31)25-19/h1-10,15,27H,11-14H2,(H2,25,26,31). The van der Waals surface area contributed by atoms with Gasteiger partial charge in [0.1, 0.15) is 5.82 Å². The molecule has 34 heavy (non-hydrogen) atoms. The lowest BCUT2D eigenvalue weighted by molar-refractivity contribution is 0.0747. The van der Waals surface area contributed by atoms with E-state index in [2.05, 4.69) is 24.6 Å². The van der Waals surface area contributed by atoms with Crippen LogP contribution >= 0.6 is 0 Å². The molecule has 1 amide bonds. The summed E-state index contributed by atoms with van der Waals surface area (Å²) in [5.41, 5.74) is 0.930. The predicted octanol–water partition coefficient (Wildman–Crippen LogP) is 2.01. The fourth-order valence-electron chi connectivity index (χ4n) is 3.99. The number of hydrogen-bond donors (Lipinski definition) is 3. The number of aromatic nitrogens is 3. The van der Waals surface area contributed by atoms with E-state index in [-0.39, 0.29) is 22.1 Å². The van der Waals surface area contributed by atoms with Crippen molar-refractivity contribution in [1.82, 2.24) is 19.9 Å². The van der Waals surface area contributed by atoms with Crippen LogP contribution in [0.1, 0.15) is 10.4 Å². The number of amides is 1.